The molecule has 13 aromatic rings. The molecule has 5 heterocycles. The third-order valence-corrected chi connectivity index (χ3v) is 18.9. The number of thioether (sulfide) groups is 5. The standard InChI is InChI=1S/C16H14N2S.C16H13NOS.C16H13NS2.C11H12N4S.C11H11N3S/c2*1-2-12-7-9-13(10-8-12)11-19-16-17-14-5-3-4-6-15(14)18-16;1-2-12-7-9-13(10-8-12)11-18-16-17-14-5-3-4-6-15(14)19-16;1-3-9-4-6-10(7-5-9)8-16-11-12-13-14-15(11)2;1-2-9-3-5-10(6-4-9)7-15-11-12-8-13-14-11/h2-10H,1,11H2,(H,17,18);2*2-10H,1,11H2;3-7H,1,8H2,2H3;2-6,8H,1,7H2,(H,12,13,14). The van der Waals surface area contributed by atoms with Crippen LogP contribution in [0, 0.1) is 0 Å². The highest BCUT2D eigenvalue weighted by Crippen LogP contribution is 2.32. The maximum atomic E-state index is 5.67. The molecular weight excluding hydrogens is 1200 g/mol. The van der Waals surface area contributed by atoms with Crippen molar-refractivity contribution in [2.24, 2.45) is 7.05 Å². The molecule has 0 aliphatic carbocycles. The third kappa shape index (κ3) is 19.9. The second kappa shape index (κ2) is 34.0. The van der Waals surface area contributed by atoms with Crippen LogP contribution in [-0.4, -0.2) is 55.3 Å². The van der Waals surface area contributed by atoms with Crippen LogP contribution in [0.5, 0.6) is 0 Å². The van der Waals surface area contributed by atoms with Gasteiger partial charge in [-0.1, -0.05) is 280 Å². The molecule has 440 valence electrons. The minimum atomic E-state index is 0.717. The number of aromatic amines is 2. The number of benzene rings is 8. The van der Waals surface area contributed by atoms with E-state index < -0.39 is 0 Å². The summed E-state index contributed by atoms with van der Waals surface area (Å²) in [6.07, 6.45) is 10.8. The van der Waals surface area contributed by atoms with Crippen LogP contribution in [0.25, 0.3) is 62.7 Å². The van der Waals surface area contributed by atoms with E-state index in [0.29, 0.717) is 5.22 Å². The van der Waals surface area contributed by atoms with E-state index in [2.05, 4.69) is 223 Å². The predicted octanol–water partition coefficient (Wildman–Crippen LogP) is 19.4. The van der Waals surface area contributed by atoms with Gasteiger partial charge in [-0.15, -0.1) is 16.4 Å². The first-order valence-corrected chi connectivity index (χ1v) is 33.4. The molecule has 0 saturated heterocycles. The van der Waals surface area contributed by atoms with Crippen molar-refractivity contribution in [3.05, 3.63) is 289 Å². The molecule has 0 aliphatic heterocycles. The largest absolute Gasteiger partial charge is 0.431 e. The maximum Gasteiger partial charge on any atom is 0.257 e. The van der Waals surface area contributed by atoms with Crippen LogP contribution < -0.4 is 0 Å². The van der Waals surface area contributed by atoms with E-state index in [9.17, 15) is 0 Å². The summed E-state index contributed by atoms with van der Waals surface area (Å²) >= 11 is 10.1. The Kier molecular flexibility index (Phi) is 24.6. The second-order valence-electron chi connectivity index (χ2n) is 19.0. The molecule has 13 rings (SSSR count). The number of tetrazole rings is 1. The summed E-state index contributed by atoms with van der Waals surface area (Å²) in [5.74, 6) is 4.48. The summed E-state index contributed by atoms with van der Waals surface area (Å²) in [6.45, 7) is 18.7. The molecule has 0 aliphatic rings. The number of hydrogen-bond acceptors (Lipinski definition) is 15. The quantitative estimate of drug-likeness (QED) is 0.0696. The predicted molar refractivity (Wildman–Crippen MR) is 375 cm³/mol. The van der Waals surface area contributed by atoms with Crippen molar-refractivity contribution in [3.8, 4) is 0 Å². The highest BCUT2D eigenvalue weighted by Gasteiger charge is 2.09. The van der Waals surface area contributed by atoms with Crippen molar-refractivity contribution < 1.29 is 4.42 Å². The second-order valence-corrected chi connectivity index (χ2v) is 25.1. The topological polar surface area (TPSA) is 153 Å². The fourth-order valence-electron chi connectivity index (χ4n) is 7.92. The van der Waals surface area contributed by atoms with E-state index in [1.165, 1.54) is 38.8 Å². The number of nitrogens with zero attached hydrogens (tertiary/aromatic N) is 9. The number of oxazole rings is 1. The van der Waals surface area contributed by atoms with Crippen LogP contribution in [0.1, 0.15) is 55.6 Å². The van der Waals surface area contributed by atoms with E-state index >= 15 is 0 Å². The van der Waals surface area contributed by atoms with E-state index in [1.54, 1.807) is 74.8 Å². The first kappa shape index (κ1) is 63.7. The van der Waals surface area contributed by atoms with Gasteiger partial charge in [0, 0.05) is 35.8 Å². The molecule has 12 nitrogen and oxygen atoms in total. The maximum absolute atomic E-state index is 5.67. The van der Waals surface area contributed by atoms with Crippen LogP contribution in [-0.2, 0) is 35.8 Å². The van der Waals surface area contributed by atoms with Gasteiger partial charge in [0.1, 0.15) is 11.8 Å². The van der Waals surface area contributed by atoms with Crippen molar-refractivity contribution in [2.45, 2.75) is 53.8 Å². The highest BCUT2D eigenvalue weighted by atomic mass is 32.2. The lowest BCUT2D eigenvalue weighted by atomic mass is 10.1. The molecule has 0 fully saturated rings. The summed E-state index contributed by atoms with van der Waals surface area (Å²) in [4.78, 5) is 21.0. The Morgan fingerprint density at radius 1 is 0.466 bits per heavy atom. The van der Waals surface area contributed by atoms with Crippen molar-refractivity contribution >= 4 is 133 Å². The van der Waals surface area contributed by atoms with Crippen molar-refractivity contribution in [3.63, 3.8) is 0 Å². The Hall–Kier alpha value is -8.75. The summed E-state index contributed by atoms with van der Waals surface area (Å²) in [5.41, 5.74) is 17.0. The smallest absolute Gasteiger partial charge is 0.257 e. The molecular formula is C70H63N11OS6. The molecule has 0 atom stereocenters. The first-order chi connectivity index (χ1) is 43.2. The fraction of sp³-hybridized carbons (Fsp3) is 0.0857. The molecule has 0 bridgehead atoms. The Morgan fingerprint density at radius 3 is 1.39 bits per heavy atom. The molecule has 2 N–H and O–H groups in total. The van der Waals surface area contributed by atoms with Crippen LogP contribution in [0.3, 0.4) is 0 Å². The first-order valence-electron chi connectivity index (χ1n) is 27.7. The number of nitrogens with one attached hydrogen (secondary N) is 2. The summed E-state index contributed by atoms with van der Waals surface area (Å²) < 4.78 is 9.73. The number of imidazole rings is 1. The fourth-order valence-corrected chi connectivity index (χ4v) is 13.1. The average Bonchev–Trinajstić information content (AvgIpc) is 4.50. The van der Waals surface area contributed by atoms with E-state index in [0.717, 1.165) is 104 Å². The monoisotopic (exact) mass is 1270 g/mol. The van der Waals surface area contributed by atoms with Crippen molar-refractivity contribution in [1.29, 1.82) is 0 Å². The van der Waals surface area contributed by atoms with Crippen LogP contribution >= 0.6 is 70.1 Å². The van der Waals surface area contributed by atoms with Gasteiger partial charge in [-0.3, -0.25) is 5.10 Å². The molecule has 8 aromatic carbocycles. The summed E-state index contributed by atoms with van der Waals surface area (Å²) in [5, 5.41) is 21.2. The molecule has 0 spiro atoms. The number of H-pyrrole nitrogens is 2. The molecule has 0 radical (unpaired) electrons. The number of rotatable bonds is 20. The molecule has 88 heavy (non-hydrogen) atoms. The van der Waals surface area contributed by atoms with Crippen LogP contribution in [0.2, 0.25) is 0 Å². The zero-order valence-corrected chi connectivity index (χ0v) is 53.3. The molecule has 0 amide bonds. The van der Waals surface area contributed by atoms with Gasteiger partial charge in [-0.25, -0.2) is 24.6 Å². The van der Waals surface area contributed by atoms with Crippen molar-refractivity contribution in [1.82, 2.24) is 55.3 Å². The van der Waals surface area contributed by atoms with Gasteiger partial charge in [0.25, 0.3) is 5.22 Å². The molecule has 0 saturated carbocycles. The number of aryl methyl sites for hydroxylation is 1. The Bertz CT molecular complexity index is 3870. The zero-order chi connectivity index (χ0) is 61.1. The highest BCUT2D eigenvalue weighted by molar-refractivity contribution is 8.00. The van der Waals surface area contributed by atoms with Gasteiger partial charge in [0.15, 0.2) is 20.2 Å². The molecule has 18 heteroatoms. The average molecular weight is 1270 g/mol. The van der Waals surface area contributed by atoms with E-state index in [1.807, 2.05) is 92.0 Å². The SMILES string of the molecule is C=Cc1ccc(CSc2nc3ccccc3[nH]2)cc1.C=Cc1ccc(CSc2nc3ccccc3o2)cc1.C=Cc1ccc(CSc2nc3ccccc3s2)cc1.C=Cc1ccc(CSc2ncn[nH]2)cc1.C=Cc1ccc(CSc2nnnn2C)cc1. The van der Waals surface area contributed by atoms with Gasteiger partial charge >= 0.3 is 0 Å². The Labute approximate surface area is 538 Å². The van der Waals surface area contributed by atoms with Crippen LogP contribution in [0.4, 0.5) is 0 Å². The normalized spacial score (nSPS) is 10.6. The zero-order valence-electron chi connectivity index (χ0n) is 48.4. The number of thiazole rings is 1. The number of hydrogen-bond donors (Lipinski definition) is 2. The van der Waals surface area contributed by atoms with Crippen molar-refractivity contribution in [2.75, 3.05) is 0 Å². The minimum absolute atomic E-state index is 0.717. The third-order valence-electron chi connectivity index (χ3n) is 12.8. The van der Waals surface area contributed by atoms with E-state index in [4.69, 9.17) is 4.42 Å². The molecule has 0 unspecified atom stereocenters. The number of fused-ring (bicyclic) bond motifs is 3. The van der Waals surface area contributed by atoms with Gasteiger partial charge < -0.3 is 9.40 Å². The Balaban J connectivity index is 0.000000131. The van der Waals surface area contributed by atoms with Gasteiger partial charge in [0.2, 0.25) is 5.16 Å². The van der Waals surface area contributed by atoms with Gasteiger partial charge in [0.05, 0.1) is 21.3 Å². The van der Waals surface area contributed by atoms with Crippen LogP contribution in [0.15, 0.2) is 263 Å². The summed E-state index contributed by atoms with van der Waals surface area (Å²) in [6, 6.07) is 66.1. The summed E-state index contributed by atoms with van der Waals surface area (Å²) in [7, 11) is 1.84. The lowest BCUT2D eigenvalue weighted by Gasteiger charge is -2.00. The number of para-hydroxylation sites is 5. The lowest BCUT2D eigenvalue weighted by molar-refractivity contribution is 0.489. The van der Waals surface area contributed by atoms with E-state index in [-0.39, 0.29) is 0 Å². The Morgan fingerprint density at radius 2 is 0.920 bits per heavy atom. The molecule has 5 aromatic heterocycles. The lowest BCUT2D eigenvalue weighted by Crippen LogP contribution is -1.93. The van der Waals surface area contributed by atoms with Gasteiger partial charge in [-0.2, -0.15) is 5.10 Å². The minimum Gasteiger partial charge on any atom is -0.431 e. The number of aromatic nitrogens is 11. The van der Waals surface area contributed by atoms with Gasteiger partial charge in [-0.05, 0) is 102 Å².